The van der Waals surface area contributed by atoms with Gasteiger partial charge in [-0.1, -0.05) is 74.8 Å². The number of sulfonamides is 1. The van der Waals surface area contributed by atoms with E-state index >= 15 is 0 Å². The molecule has 4 aromatic rings. The Balaban J connectivity index is 1.89. The highest BCUT2D eigenvalue weighted by atomic mass is 35.5. The maximum Gasteiger partial charge on any atom is 0.355 e. The Bertz CT molecular complexity index is 1470. The number of halogens is 1. The lowest BCUT2D eigenvalue weighted by Gasteiger charge is -2.19. The molecule has 4 rings (SSSR count). The van der Waals surface area contributed by atoms with Crippen molar-refractivity contribution in [1.82, 2.24) is 4.68 Å². The molecule has 0 aliphatic carbocycles. The summed E-state index contributed by atoms with van der Waals surface area (Å²) in [5.74, 6) is -1.27. The Morgan fingerprint density at radius 2 is 1.64 bits per heavy atom. The largest absolute Gasteiger partial charge is 0.476 e. The predicted octanol–water partition coefficient (Wildman–Crippen LogP) is 5.89. The molecule has 0 saturated carbocycles. The van der Waals surface area contributed by atoms with Gasteiger partial charge in [0.05, 0.1) is 10.4 Å². The van der Waals surface area contributed by atoms with Crippen LogP contribution in [0.3, 0.4) is 0 Å². The monoisotopic (exact) mass is 482 g/mol. The van der Waals surface area contributed by atoms with E-state index in [4.69, 9.17) is 11.6 Å². The van der Waals surface area contributed by atoms with Crippen molar-refractivity contribution in [3.05, 3.63) is 89.1 Å². The predicted molar refractivity (Wildman–Crippen MR) is 131 cm³/mol. The average Bonchev–Trinajstić information content (AvgIpc) is 3.07. The molecular formula is C25H23ClN2O4S. The highest BCUT2D eigenvalue weighted by Crippen LogP contribution is 2.36. The van der Waals surface area contributed by atoms with E-state index < -0.39 is 16.0 Å². The molecule has 0 spiro atoms. The van der Waals surface area contributed by atoms with Gasteiger partial charge in [-0.3, -0.25) is 0 Å². The van der Waals surface area contributed by atoms with Crippen molar-refractivity contribution in [2.45, 2.75) is 31.1 Å². The molecular weight excluding hydrogens is 460 g/mol. The SMILES string of the molecule is CC(C)(C)c1ccc(S(=O)(=O)Nn2c(C(=O)O)c(-c3cccc(Cl)c3)c3ccccc32)cc1. The van der Waals surface area contributed by atoms with Gasteiger partial charge in [-0.2, -0.15) is 8.42 Å². The number of benzene rings is 3. The van der Waals surface area contributed by atoms with Crippen molar-refractivity contribution >= 4 is 38.5 Å². The third-order valence-corrected chi connectivity index (χ3v) is 6.98. The number of fused-ring (bicyclic) bond motifs is 1. The van der Waals surface area contributed by atoms with Gasteiger partial charge >= 0.3 is 5.97 Å². The van der Waals surface area contributed by atoms with Gasteiger partial charge in [0.2, 0.25) is 0 Å². The maximum absolute atomic E-state index is 13.2. The second-order valence-corrected chi connectivity index (χ2v) is 10.9. The van der Waals surface area contributed by atoms with Crippen LogP contribution in [0.15, 0.2) is 77.7 Å². The summed E-state index contributed by atoms with van der Waals surface area (Å²) in [5.41, 5.74) is 2.03. The normalized spacial score (nSPS) is 12.1. The van der Waals surface area contributed by atoms with E-state index in [0.29, 0.717) is 27.1 Å². The number of carboxylic acid groups (broad SMARTS) is 1. The Morgan fingerprint density at radius 1 is 0.970 bits per heavy atom. The van der Waals surface area contributed by atoms with Gasteiger partial charge in [-0.15, -0.1) is 0 Å². The maximum atomic E-state index is 13.2. The number of nitrogens with zero attached hydrogens (tertiary/aromatic N) is 1. The molecule has 1 heterocycles. The standard InChI is InChI=1S/C25H23ClN2O4S/c1-25(2,3)17-11-13-19(14-12-17)33(31,32)27-28-21-10-5-4-9-20(21)22(23(28)24(29)30)16-7-6-8-18(26)15-16/h4-15,27H,1-3H3,(H,29,30). The first-order chi connectivity index (χ1) is 15.5. The number of carboxylic acids is 1. The highest BCUT2D eigenvalue weighted by Gasteiger charge is 2.27. The number of carbonyl (C=O) groups is 1. The summed E-state index contributed by atoms with van der Waals surface area (Å²) in [4.78, 5) is 14.9. The first kappa shape index (κ1) is 22.9. The Hall–Kier alpha value is -3.29. The lowest BCUT2D eigenvalue weighted by atomic mass is 9.87. The molecule has 0 aliphatic heterocycles. The van der Waals surface area contributed by atoms with Crippen LogP contribution in [0.1, 0.15) is 36.8 Å². The van der Waals surface area contributed by atoms with Gasteiger partial charge in [-0.25, -0.2) is 14.3 Å². The minimum Gasteiger partial charge on any atom is -0.476 e. The van der Waals surface area contributed by atoms with E-state index in [-0.39, 0.29) is 16.0 Å². The smallest absolute Gasteiger partial charge is 0.355 e. The summed E-state index contributed by atoms with van der Waals surface area (Å²) in [5, 5.41) is 11.1. The van der Waals surface area contributed by atoms with E-state index in [0.717, 1.165) is 10.2 Å². The molecule has 6 nitrogen and oxygen atoms in total. The minimum absolute atomic E-state index is 0.0360. The van der Waals surface area contributed by atoms with Crippen LogP contribution >= 0.6 is 11.6 Å². The fourth-order valence-electron chi connectivity index (χ4n) is 3.78. The molecule has 0 bridgehead atoms. The van der Waals surface area contributed by atoms with Crippen molar-refractivity contribution in [2.24, 2.45) is 0 Å². The Kier molecular flexibility index (Phi) is 5.72. The van der Waals surface area contributed by atoms with Crippen LogP contribution in [0.2, 0.25) is 5.02 Å². The molecule has 0 radical (unpaired) electrons. The summed E-state index contributed by atoms with van der Waals surface area (Å²) in [7, 11) is -4.08. The summed E-state index contributed by atoms with van der Waals surface area (Å²) < 4.78 is 27.6. The zero-order valence-corrected chi connectivity index (χ0v) is 19.9. The van der Waals surface area contributed by atoms with Crippen LogP contribution in [0, 0.1) is 0 Å². The second-order valence-electron chi connectivity index (χ2n) is 8.76. The molecule has 1 aromatic heterocycles. The molecule has 3 aromatic carbocycles. The summed E-state index contributed by atoms with van der Waals surface area (Å²) >= 11 is 6.15. The minimum atomic E-state index is -4.08. The van der Waals surface area contributed by atoms with Crippen LogP contribution in [-0.2, 0) is 15.4 Å². The quantitative estimate of drug-likeness (QED) is 0.371. The van der Waals surface area contributed by atoms with E-state index in [1.54, 1.807) is 60.7 Å². The number of nitrogens with one attached hydrogen (secondary N) is 1. The highest BCUT2D eigenvalue weighted by molar-refractivity contribution is 7.92. The van der Waals surface area contributed by atoms with Crippen molar-refractivity contribution in [2.75, 3.05) is 4.83 Å². The zero-order valence-electron chi connectivity index (χ0n) is 18.3. The zero-order chi connectivity index (χ0) is 24.0. The van der Waals surface area contributed by atoms with Gasteiger partial charge in [-0.05, 0) is 46.9 Å². The summed E-state index contributed by atoms with van der Waals surface area (Å²) in [6, 6.07) is 20.3. The molecule has 170 valence electrons. The molecule has 33 heavy (non-hydrogen) atoms. The topological polar surface area (TPSA) is 88.4 Å². The molecule has 0 atom stereocenters. The van der Waals surface area contributed by atoms with Crippen molar-refractivity contribution in [1.29, 1.82) is 0 Å². The van der Waals surface area contributed by atoms with Gasteiger partial charge in [0.15, 0.2) is 5.69 Å². The Morgan fingerprint density at radius 3 is 2.24 bits per heavy atom. The molecule has 0 saturated heterocycles. The van der Waals surface area contributed by atoms with E-state index in [2.05, 4.69) is 4.83 Å². The summed E-state index contributed by atoms with van der Waals surface area (Å²) in [6.07, 6.45) is 0. The van der Waals surface area contributed by atoms with Crippen LogP contribution in [0.25, 0.3) is 22.0 Å². The van der Waals surface area contributed by atoms with Crippen LogP contribution < -0.4 is 4.83 Å². The molecule has 8 heteroatoms. The van der Waals surface area contributed by atoms with Crippen LogP contribution in [0.4, 0.5) is 0 Å². The average molecular weight is 483 g/mol. The molecule has 0 amide bonds. The third kappa shape index (κ3) is 4.34. The van der Waals surface area contributed by atoms with Gasteiger partial charge in [0.1, 0.15) is 0 Å². The molecule has 2 N–H and O–H groups in total. The van der Waals surface area contributed by atoms with E-state index in [1.165, 1.54) is 12.1 Å². The number of aromatic carboxylic acids is 1. The van der Waals surface area contributed by atoms with Crippen LogP contribution in [0.5, 0.6) is 0 Å². The van der Waals surface area contributed by atoms with Gasteiger partial charge in [0.25, 0.3) is 10.0 Å². The number of hydrogen-bond donors (Lipinski definition) is 2. The molecule has 0 fully saturated rings. The number of aromatic nitrogens is 1. The van der Waals surface area contributed by atoms with E-state index in [9.17, 15) is 18.3 Å². The summed E-state index contributed by atoms with van der Waals surface area (Å²) in [6.45, 7) is 6.12. The lowest BCUT2D eigenvalue weighted by Crippen LogP contribution is -2.26. The fraction of sp³-hybridized carbons (Fsp3) is 0.160. The van der Waals surface area contributed by atoms with Crippen molar-refractivity contribution in [3.8, 4) is 11.1 Å². The first-order valence-electron chi connectivity index (χ1n) is 10.2. The van der Waals surface area contributed by atoms with Crippen molar-refractivity contribution < 1.29 is 18.3 Å². The fourth-order valence-corrected chi connectivity index (χ4v) is 5.00. The van der Waals surface area contributed by atoms with Gasteiger partial charge < -0.3 is 5.11 Å². The van der Waals surface area contributed by atoms with Gasteiger partial charge in [0, 0.05) is 16.0 Å². The van der Waals surface area contributed by atoms with E-state index in [1.807, 2.05) is 20.8 Å². The number of rotatable bonds is 5. The van der Waals surface area contributed by atoms with Crippen molar-refractivity contribution in [3.63, 3.8) is 0 Å². The van der Waals surface area contributed by atoms with Crippen LogP contribution in [-0.4, -0.2) is 24.2 Å². The second kappa shape index (κ2) is 8.24. The number of para-hydroxylation sites is 1. The lowest BCUT2D eigenvalue weighted by molar-refractivity contribution is 0.0689. The Labute approximate surface area is 197 Å². The molecule has 0 unspecified atom stereocenters. The first-order valence-corrected chi connectivity index (χ1v) is 12.1. The number of hydrogen-bond acceptors (Lipinski definition) is 3. The molecule has 0 aliphatic rings. The third-order valence-electron chi connectivity index (χ3n) is 5.43.